The molecule has 19 heavy (non-hydrogen) atoms. The van der Waals surface area contributed by atoms with E-state index in [1.54, 1.807) is 18.5 Å². The molecule has 2 N–H and O–H groups in total. The normalized spacial score (nSPS) is 11.7. The number of thioether (sulfide) groups is 1. The zero-order valence-corrected chi connectivity index (χ0v) is 12.4. The van der Waals surface area contributed by atoms with Gasteiger partial charge in [0.15, 0.2) is 0 Å². The quantitative estimate of drug-likeness (QED) is 0.514. The van der Waals surface area contributed by atoms with Crippen LogP contribution in [-0.2, 0) is 11.3 Å². The Hall–Kier alpha value is -1.15. The lowest BCUT2D eigenvalue weighted by molar-refractivity contribution is -0.145. The van der Waals surface area contributed by atoms with E-state index in [1.807, 2.05) is 0 Å². The summed E-state index contributed by atoms with van der Waals surface area (Å²) >= 11 is 1.37. The van der Waals surface area contributed by atoms with Gasteiger partial charge in [-0.25, -0.2) is 4.68 Å². The minimum atomic E-state index is -0.816. The van der Waals surface area contributed by atoms with Crippen LogP contribution in [0.15, 0.2) is 5.16 Å². The lowest BCUT2D eigenvalue weighted by Crippen LogP contribution is -2.26. The van der Waals surface area contributed by atoms with Crippen LogP contribution < -0.4 is 5.32 Å². The van der Waals surface area contributed by atoms with Gasteiger partial charge >= 0.3 is 5.97 Å². The highest BCUT2D eigenvalue weighted by atomic mass is 32.2. The van der Waals surface area contributed by atoms with Crippen LogP contribution in [0.4, 0.5) is 0 Å². The largest absolute Gasteiger partial charge is 0.481 e. The average Bonchev–Trinajstić information content (AvgIpc) is 2.79. The summed E-state index contributed by atoms with van der Waals surface area (Å²) in [5, 5.41) is 24.5. The summed E-state index contributed by atoms with van der Waals surface area (Å²) in [6, 6.07) is 0. The molecule has 8 heteroatoms. The highest BCUT2D eigenvalue weighted by Gasteiger charge is 2.28. The van der Waals surface area contributed by atoms with Crippen LogP contribution in [-0.4, -0.2) is 50.1 Å². The van der Waals surface area contributed by atoms with Gasteiger partial charge in [0.1, 0.15) is 0 Å². The molecule has 0 aliphatic heterocycles. The van der Waals surface area contributed by atoms with Crippen LogP contribution in [0.25, 0.3) is 0 Å². The number of carboxylic acid groups (broad SMARTS) is 1. The number of nitrogens with zero attached hydrogens (tertiary/aromatic N) is 4. The van der Waals surface area contributed by atoms with Gasteiger partial charge in [-0.05, 0) is 37.2 Å². The van der Waals surface area contributed by atoms with E-state index in [1.165, 1.54) is 11.8 Å². The Balaban J connectivity index is 2.46. The van der Waals surface area contributed by atoms with E-state index in [9.17, 15) is 4.79 Å². The molecule has 0 amide bonds. The van der Waals surface area contributed by atoms with Crippen molar-refractivity contribution in [2.45, 2.75) is 38.9 Å². The molecule has 0 aliphatic carbocycles. The van der Waals surface area contributed by atoms with Crippen molar-refractivity contribution in [1.82, 2.24) is 25.5 Å². The molecule has 0 aromatic carbocycles. The molecule has 0 saturated heterocycles. The van der Waals surface area contributed by atoms with Crippen molar-refractivity contribution in [1.29, 1.82) is 0 Å². The molecule has 0 saturated carbocycles. The maximum Gasteiger partial charge on any atom is 0.309 e. The average molecular weight is 287 g/mol. The Bertz CT molecular complexity index is 408. The first-order chi connectivity index (χ1) is 8.97. The van der Waals surface area contributed by atoms with Crippen LogP contribution in [0.2, 0.25) is 0 Å². The Kier molecular flexibility index (Phi) is 6.23. The van der Waals surface area contributed by atoms with Gasteiger partial charge in [0.05, 0.1) is 12.0 Å². The molecular weight excluding hydrogens is 266 g/mol. The third kappa shape index (κ3) is 5.15. The number of nitrogens with one attached hydrogen (secondary N) is 1. The zero-order valence-electron chi connectivity index (χ0n) is 11.6. The first-order valence-electron chi connectivity index (χ1n) is 6.30. The molecule has 0 radical (unpaired) electrons. The smallest absolute Gasteiger partial charge is 0.309 e. The summed E-state index contributed by atoms with van der Waals surface area (Å²) < 4.78 is 1.70. The van der Waals surface area contributed by atoms with E-state index in [0.717, 1.165) is 19.5 Å². The third-order valence-corrected chi connectivity index (χ3v) is 3.98. The molecule has 7 nitrogen and oxygen atoms in total. The molecule has 0 spiro atoms. The summed E-state index contributed by atoms with van der Waals surface area (Å²) in [5.41, 5.74) is -0.790. The predicted octanol–water partition coefficient (Wildman–Crippen LogP) is 0.876. The zero-order chi connectivity index (χ0) is 14.3. The van der Waals surface area contributed by atoms with Crippen molar-refractivity contribution >= 4 is 17.7 Å². The van der Waals surface area contributed by atoms with Gasteiger partial charge in [-0.3, -0.25) is 4.79 Å². The topological polar surface area (TPSA) is 92.9 Å². The van der Waals surface area contributed by atoms with Gasteiger partial charge in [-0.1, -0.05) is 18.7 Å². The Morgan fingerprint density at radius 2 is 2.21 bits per heavy atom. The lowest BCUT2D eigenvalue weighted by atomic mass is 9.97. The van der Waals surface area contributed by atoms with Crippen molar-refractivity contribution in [3.05, 3.63) is 0 Å². The highest BCUT2D eigenvalue weighted by Crippen LogP contribution is 2.26. The van der Waals surface area contributed by atoms with Gasteiger partial charge in [-0.15, -0.1) is 5.10 Å². The molecule has 1 rings (SSSR count). The minimum absolute atomic E-state index is 0.436. The molecule has 0 bridgehead atoms. The van der Waals surface area contributed by atoms with Gasteiger partial charge in [0.2, 0.25) is 5.16 Å². The van der Waals surface area contributed by atoms with Gasteiger partial charge in [0.25, 0.3) is 0 Å². The SMILES string of the molecule is CCCNCCn1nnnc1SCC(C)(C)C(=O)O. The first kappa shape index (κ1) is 15.9. The highest BCUT2D eigenvalue weighted by molar-refractivity contribution is 7.99. The Labute approximate surface area is 117 Å². The Morgan fingerprint density at radius 3 is 2.84 bits per heavy atom. The molecule has 0 unspecified atom stereocenters. The monoisotopic (exact) mass is 287 g/mol. The van der Waals surface area contributed by atoms with Crippen LogP contribution in [0.3, 0.4) is 0 Å². The number of carbonyl (C=O) groups is 1. The fourth-order valence-electron chi connectivity index (χ4n) is 1.23. The first-order valence-corrected chi connectivity index (χ1v) is 7.29. The number of tetrazole rings is 1. The third-order valence-electron chi connectivity index (χ3n) is 2.57. The molecule has 0 aliphatic rings. The molecular formula is C11H21N5O2S. The van der Waals surface area contributed by atoms with Crippen molar-refractivity contribution in [2.75, 3.05) is 18.8 Å². The van der Waals surface area contributed by atoms with E-state index in [-0.39, 0.29) is 0 Å². The Morgan fingerprint density at radius 1 is 1.47 bits per heavy atom. The van der Waals surface area contributed by atoms with Crippen LogP contribution in [0.1, 0.15) is 27.2 Å². The number of hydrogen-bond donors (Lipinski definition) is 2. The minimum Gasteiger partial charge on any atom is -0.481 e. The summed E-state index contributed by atoms with van der Waals surface area (Å²) in [6.07, 6.45) is 1.09. The summed E-state index contributed by atoms with van der Waals surface area (Å²) in [5.74, 6) is -0.380. The second-order valence-corrected chi connectivity index (χ2v) is 5.85. The van der Waals surface area contributed by atoms with Crippen LogP contribution in [0.5, 0.6) is 0 Å². The molecule has 108 valence electrons. The fraction of sp³-hybridized carbons (Fsp3) is 0.818. The van der Waals surface area contributed by atoms with Gasteiger partial charge in [0, 0.05) is 12.3 Å². The molecule has 1 aromatic heterocycles. The van der Waals surface area contributed by atoms with Crippen molar-refractivity contribution in [2.24, 2.45) is 5.41 Å². The molecule has 0 fully saturated rings. The number of aromatic nitrogens is 4. The predicted molar refractivity (Wildman–Crippen MR) is 73.1 cm³/mol. The number of carboxylic acids is 1. The molecule has 0 atom stereocenters. The summed E-state index contributed by atoms with van der Waals surface area (Å²) in [4.78, 5) is 11.0. The van der Waals surface area contributed by atoms with E-state index in [2.05, 4.69) is 27.8 Å². The van der Waals surface area contributed by atoms with E-state index in [4.69, 9.17) is 5.11 Å². The van der Waals surface area contributed by atoms with E-state index >= 15 is 0 Å². The standard InChI is InChI=1S/C11H21N5O2S/c1-4-5-12-6-7-16-10(13-14-15-16)19-8-11(2,3)9(17)18/h12H,4-8H2,1-3H3,(H,17,18). The van der Waals surface area contributed by atoms with Crippen LogP contribution >= 0.6 is 11.8 Å². The van der Waals surface area contributed by atoms with E-state index < -0.39 is 11.4 Å². The summed E-state index contributed by atoms with van der Waals surface area (Å²) in [7, 11) is 0. The second-order valence-electron chi connectivity index (χ2n) is 4.91. The summed E-state index contributed by atoms with van der Waals surface area (Å²) in [6.45, 7) is 7.95. The van der Waals surface area contributed by atoms with Crippen molar-refractivity contribution in [3.63, 3.8) is 0 Å². The van der Waals surface area contributed by atoms with Crippen molar-refractivity contribution in [3.8, 4) is 0 Å². The van der Waals surface area contributed by atoms with Gasteiger partial charge in [-0.2, -0.15) is 0 Å². The van der Waals surface area contributed by atoms with Crippen molar-refractivity contribution < 1.29 is 9.90 Å². The number of aliphatic carboxylic acids is 1. The maximum atomic E-state index is 11.0. The van der Waals surface area contributed by atoms with Crippen LogP contribution in [0, 0.1) is 5.41 Å². The molecule has 1 heterocycles. The lowest BCUT2D eigenvalue weighted by Gasteiger charge is -2.17. The second kappa shape index (κ2) is 7.44. The van der Waals surface area contributed by atoms with Gasteiger partial charge < -0.3 is 10.4 Å². The maximum absolute atomic E-state index is 11.0. The number of hydrogen-bond acceptors (Lipinski definition) is 6. The fourth-order valence-corrected chi connectivity index (χ4v) is 2.22. The van der Waals surface area contributed by atoms with E-state index in [0.29, 0.717) is 17.5 Å². The molecule has 1 aromatic rings. The number of rotatable bonds is 9.